The van der Waals surface area contributed by atoms with Gasteiger partial charge in [-0.05, 0) is 37.1 Å². The topological polar surface area (TPSA) is 17.1 Å². The Morgan fingerprint density at radius 3 is 2.00 bits per heavy atom. The molecule has 0 saturated carbocycles. The first kappa shape index (κ1) is 10.9. The molecule has 2 heteroatoms. The zero-order valence-electron chi connectivity index (χ0n) is 9.02. The number of rotatable bonds is 2. The van der Waals surface area contributed by atoms with Crippen molar-refractivity contribution in [3.63, 3.8) is 0 Å². The zero-order valence-corrected chi connectivity index (χ0v) is 9.02. The van der Waals surface area contributed by atoms with E-state index in [-0.39, 0.29) is 17.5 Å². The van der Waals surface area contributed by atoms with E-state index in [4.69, 9.17) is 0 Å². The van der Waals surface area contributed by atoms with Gasteiger partial charge in [-0.2, -0.15) is 0 Å². The molecule has 0 amide bonds. The summed E-state index contributed by atoms with van der Waals surface area (Å²) >= 11 is 0. The van der Waals surface area contributed by atoms with Gasteiger partial charge in [0.25, 0.3) is 0 Å². The Morgan fingerprint density at radius 2 is 1.64 bits per heavy atom. The van der Waals surface area contributed by atoms with Crippen molar-refractivity contribution in [1.29, 1.82) is 0 Å². The van der Waals surface area contributed by atoms with Crippen molar-refractivity contribution >= 4 is 5.78 Å². The molecule has 76 valence electrons. The van der Waals surface area contributed by atoms with Crippen LogP contribution in [0, 0.1) is 25.6 Å². The smallest absolute Gasteiger partial charge is 0.165 e. The monoisotopic (exact) mass is 194 g/mol. The van der Waals surface area contributed by atoms with Crippen molar-refractivity contribution < 1.29 is 9.18 Å². The second-order valence-corrected chi connectivity index (χ2v) is 3.93. The molecule has 0 aromatic heterocycles. The average Bonchev–Trinajstić information content (AvgIpc) is 2.01. The van der Waals surface area contributed by atoms with Gasteiger partial charge in [-0.1, -0.05) is 13.8 Å². The molecule has 0 aliphatic carbocycles. The fourth-order valence-electron chi connectivity index (χ4n) is 1.59. The molecule has 0 atom stereocenters. The fraction of sp³-hybridized carbons (Fsp3) is 0.417. The molecule has 0 unspecified atom stereocenters. The molecule has 1 aromatic carbocycles. The third-order valence-corrected chi connectivity index (χ3v) is 2.27. The molecule has 0 heterocycles. The summed E-state index contributed by atoms with van der Waals surface area (Å²) in [6, 6.07) is 2.81. The highest BCUT2D eigenvalue weighted by atomic mass is 19.1. The quantitative estimate of drug-likeness (QED) is 0.660. The highest BCUT2D eigenvalue weighted by Crippen LogP contribution is 2.19. The predicted molar refractivity (Wildman–Crippen MR) is 55.0 cm³/mol. The van der Waals surface area contributed by atoms with Gasteiger partial charge in [0.1, 0.15) is 5.82 Å². The van der Waals surface area contributed by atoms with Gasteiger partial charge in [-0.15, -0.1) is 0 Å². The minimum Gasteiger partial charge on any atom is -0.294 e. The molecule has 1 nitrogen and oxygen atoms in total. The summed E-state index contributed by atoms with van der Waals surface area (Å²) in [5.74, 6) is -0.238. The molecule has 0 bridgehead atoms. The molecule has 0 spiro atoms. The minimum atomic E-state index is -0.277. The highest BCUT2D eigenvalue weighted by Gasteiger charge is 2.16. The lowest BCUT2D eigenvalue weighted by Crippen LogP contribution is -2.11. The van der Waals surface area contributed by atoms with E-state index < -0.39 is 0 Å². The van der Waals surface area contributed by atoms with Gasteiger partial charge < -0.3 is 0 Å². The summed E-state index contributed by atoms with van der Waals surface area (Å²) in [7, 11) is 0. The summed E-state index contributed by atoms with van der Waals surface area (Å²) < 4.78 is 13.0. The van der Waals surface area contributed by atoms with Crippen LogP contribution in [0.4, 0.5) is 4.39 Å². The number of benzene rings is 1. The summed E-state index contributed by atoms with van der Waals surface area (Å²) in [5.41, 5.74) is 2.11. The molecule has 0 aliphatic heterocycles. The van der Waals surface area contributed by atoms with Crippen LogP contribution in [0.3, 0.4) is 0 Å². The third-order valence-electron chi connectivity index (χ3n) is 2.27. The maximum Gasteiger partial charge on any atom is 0.165 e. The van der Waals surface area contributed by atoms with Gasteiger partial charge in [0.15, 0.2) is 5.78 Å². The van der Waals surface area contributed by atoms with Gasteiger partial charge >= 0.3 is 0 Å². The molecule has 14 heavy (non-hydrogen) atoms. The molecule has 0 saturated heterocycles. The van der Waals surface area contributed by atoms with E-state index in [0.29, 0.717) is 5.56 Å². The van der Waals surface area contributed by atoms with Crippen molar-refractivity contribution in [3.8, 4) is 0 Å². The Hall–Kier alpha value is -1.18. The lowest BCUT2D eigenvalue weighted by atomic mass is 9.93. The van der Waals surface area contributed by atoms with E-state index in [1.807, 2.05) is 13.8 Å². The molecule has 0 fully saturated rings. The number of hydrogen-bond donors (Lipinski definition) is 0. The molecule has 0 aliphatic rings. The van der Waals surface area contributed by atoms with Crippen LogP contribution in [-0.2, 0) is 0 Å². The molecule has 0 N–H and O–H groups in total. The van der Waals surface area contributed by atoms with Crippen molar-refractivity contribution in [2.75, 3.05) is 0 Å². The highest BCUT2D eigenvalue weighted by molar-refractivity contribution is 6.00. The number of carbonyl (C=O) groups is 1. The number of Topliss-reactive ketones (excluding diaryl/α,β-unsaturated/α-hetero) is 1. The molecule has 0 radical (unpaired) electrons. The zero-order chi connectivity index (χ0) is 10.9. The van der Waals surface area contributed by atoms with E-state index in [1.54, 1.807) is 13.8 Å². The Bertz CT molecular complexity index is 344. The van der Waals surface area contributed by atoms with Crippen molar-refractivity contribution in [2.24, 2.45) is 5.92 Å². The first-order valence-corrected chi connectivity index (χ1v) is 4.74. The Morgan fingerprint density at radius 1 is 1.21 bits per heavy atom. The molecule has 1 rings (SSSR count). The van der Waals surface area contributed by atoms with Crippen molar-refractivity contribution in [3.05, 3.63) is 34.6 Å². The van der Waals surface area contributed by atoms with E-state index in [0.717, 1.165) is 11.1 Å². The number of hydrogen-bond acceptors (Lipinski definition) is 1. The first-order valence-electron chi connectivity index (χ1n) is 4.74. The van der Waals surface area contributed by atoms with Crippen LogP contribution < -0.4 is 0 Å². The summed E-state index contributed by atoms with van der Waals surface area (Å²) in [6.45, 7) is 7.24. The second-order valence-electron chi connectivity index (χ2n) is 3.93. The van der Waals surface area contributed by atoms with Crippen molar-refractivity contribution in [1.82, 2.24) is 0 Å². The Balaban J connectivity index is 3.28. The minimum absolute atomic E-state index is 0.0436. The summed E-state index contributed by atoms with van der Waals surface area (Å²) in [6.07, 6.45) is 0. The van der Waals surface area contributed by atoms with Gasteiger partial charge in [0.2, 0.25) is 0 Å². The average molecular weight is 194 g/mol. The molecular weight excluding hydrogens is 179 g/mol. The van der Waals surface area contributed by atoms with Gasteiger partial charge in [0, 0.05) is 11.5 Å². The van der Waals surface area contributed by atoms with Crippen LogP contribution in [-0.4, -0.2) is 5.78 Å². The van der Waals surface area contributed by atoms with E-state index in [9.17, 15) is 9.18 Å². The normalized spacial score (nSPS) is 10.7. The summed E-state index contributed by atoms with van der Waals surface area (Å²) in [4.78, 5) is 11.8. The standard InChI is InChI=1S/C12H15FO/c1-7(2)12(14)11-8(3)5-10(13)6-9(11)4/h5-7H,1-4H3. The fourth-order valence-corrected chi connectivity index (χ4v) is 1.59. The van der Waals surface area contributed by atoms with Gasteiger partial charge in [0.05, 0.1) is 0 Å². The van der Waals surface area contributed by atoms with Crippen LogP contribution in [0.2, 0.25) is 0 Å². The molecule has 1 aromatic rings. The predicted octanol–water partition coefficient (Wildman–Crippen LogP) is 3.28. The third kappa shape index (κ3) is 2.00. The lowest BCUT2D eigenvalue weighted by Gasteiger charge is -2.11. The number of ketones is 1. The number of carbonyl (C=O) groups excluding carboxylic acids is 1. The van der Waals surface area contributed by atoms with Crippen LogP contribution in [0.1, 0.15) is 35.3 Å². The lowest BCUT2D eigenvalue weighted by molar-refractivity contribution is 0.0938. The number of aryl methyl sites for hydroxylation is 2. The van der Waals surface area contributed by atoms with Crippen LogP contribution in [0.25, 0.3) is 0 Å². The van der Waals surface area contributed by atoms with Crippen molar-refractivity contribution in [2.45, 2.75) is 27.7 Å². The number of halogens is 1. The van der Waals surface area contributed by atoms with E-state index in [2.05, 4.69) is 0 Å². The molecular formula is C12H15FO. The SMILES string of the molecule is Cc1cc(F)cc(C)c1C(=O)C(C)C. The Labute approximate surface area is 83.9 Å². The second kappa shape index (κ2) is 3.91. The van der Waals surface area contributed by atoms with Gasteiger partial charge in [-0.25, -0.2) is 4.39 Å². The van der Waals surface area contributed by atoms with Crippen LogP contribution in [0.15, 0.2) is 12.1 Å². The van der Waals surface area contributed by atoms with Crippen LogP contribution in [0.5, 0.6) is 0 Å². The maximum absolute atomic E-state index is 13.0. The first-order chi connectivity index (χ1) is 6.43. The Kier molecular flexibility index (Phi) is 3.04. The maximum atomic E-state index is 13.0. The van der Waals surface area contributed by atoms with Gasteiger partial charge in [-0.3, -0.25) is 4.79 Å². The largest absolute Gasteiger partial charge is 0.294 e. The van der Waals surface area contributed by atoms with Crippen LogP contribution >= 0.6 is 0 Å². The summed E-state index contributed by atoms with van der Waals surface area (Å²) in [5, 5.41) is 0. The van der Waals surface area contributed by atoms with E-state index in [1.165, 1.54) is 12.1 Å². The van der Waals surface area contributed by atoms with E-state index >= 15 is 0 Å².